The Morgan fingerprint density at radius 2 is 1.91 bits per heavy atom. The summed E-state index contributed by atoms with van der Waals surface area (Å²) in [6.45, 7) is 2.30. The second-order valence-electron chi connectivity index (χ2n) is 6.44. The number of benzene rings is 1. The summed E-state index contributed by atoms with van der Waals surface area (Å²) in [5.41, 5.74) is 2.75. The molecular weight excluding hydrogens is 276 g/mol. The number of aryl methyl sites for hydroxylation is 1. The minimum atomic E-state index is -0.00597. The van der Waals surface area contributed by atoms with Gasteiger partial charge >= 0.3 is 6.03 Å². The quantitative estimate of drug-likeness (QED) is 0.847. The van der Waals surface area contributed by atoms with Crippen molar-refractivity contribution in [3.05, 3.63) is 29.3 Å². The zero-order valence-electron chi connectivity index (χ0n) is 13.2. The molecule has 22 heavy (non-hydrogen) atoms. The fourth-order valence-corrected chi connectivity index (χ4v) is 3.50. The number of ketones is 1. The molecule has 0 atom stereocenters. The first kappa shape index (κ1) is 15.1. The summed E-state index contributed by atoms with van der Waals surface area (Å²) in [6.07, 6.45) is 7.80. The number of nitrogens with one attached hydrogen (secondary N) is 1. The van der Waals surface area contributed by atoms with Crippen molar-refractivity contribution in [2.24, 2.45) is 0 Å². The summed E-state index contributed by atoms with van der Waals surface area (Å²) in [7, 11) is 0. The van der Waals surface area contributed by atoms with Gasteiger partial charge in [-0.25, -0.2) is 4.79 Å². The van der Waals surface area contributed by atoms with E-state index in [0.29, 0.717) is 11.6 Å². The molecule has 1 aromatic rings. The molecule has 4 nitrogen and oxygen atoms in total. The third-order valence-electron chi connectivity index (χ3n) is 4.79. The van der Waals surface area contributed by atoms with Crippen LogP contribution in [0.3, 0.4) is 0 Å². The molecule has 118 valence electrons. The molecule has 0 radical (unpaired) electrons. The largest absolute Gasteiger partial charge is 0.335 e. The van der Waals surface area contributed by atoms with Crippen molar-refractivity contribution in [1.29, 1.82) is 0 Å². The maximum absolute atomic E-state index is 12.6. The lowest BCUT2D eigenvalue weighted by atomic mass is 9.95. The van der Waals surface area contributed by atoms with Crippen LogP contribution in [0.2, 0.25) is 0 Å². The van der Waals surface area contributed by atoms with Crippen LogP contribution in [0.15, 0.2) is 18.2 Å². The van der Waals surface area contributed by atoms with Gasteiger partial charge in [0, 0.05) is 23.8 Å². The van der Waals surface area contributed by atoms with Gasteiger partial charge in [0.1, 0.15) is 0 Å². The zero-order chi connectivity index (χ0) is 15.5. The van der Waals surface area contributed by atoms with Crippen LogP contribution in [-0.4, -0.2) is 24.4 Å². The fraction of sp³-hybridized carbons (Fsp3) is 0.556. The van der Waals surface area contributed by atoms with Crippen molar-refractivity contribution in [3.8, 4) is 0 Å². The van der Waals surface area contributed by atoms with Crippen LogP contribution in [-0.2, 0) is 6.42 Å². The molecular formula is C18H24N2O2. The van der Waals surface area contributed by atoms with Crippen molar-refractivity contribution in [2.75, 3.05) is 11.4 Å². The Balaban J connectivity index is 1.78. The van der Waals surface area contributed by atoms with Crippen molar-refractivity contribution in [3.63, 3.8) is 0 Å². The molecule has 2 amide bonds. The Morgan fingerprint density at radius 1 is 1.14 bits per heavy atom. The molecule has 0 bridgehead atoms. The number of fused-ring (bicyclic) bond motifs is 1. The third kappa shape index (κ3) is 3.16. The molecule has 1 aliphatic carbocycles. The van der Waals surface area contributed by atoms with Crippen LogP contribution in [0.4, 0.5) is 10.5 Å². The molecule has 4 heteroatoms. The van der Waals surface area contributed by atoms with Crippen molar-refractivity contribution < 1.29 is 9.59 Å². The van der Waals surface area contributed by atoms with E-state index in [2.05, 4.69) is 5.32 Å². The topological polar surface area (TPSA) is 49.4 Å². The highest BCUT2D eigenvalue weighted by atomic mass is 16.2. The van der Waals surface area contributed by atoms with E-state index in [-0.39, 0.29) is 11.8 Å². The summed E-state index contributed by atoms with van der Waals surface area (Å²) in [4.78, 5) is 26.1. The Kier molecular flexibility index (Phi) is 4.46. The van der Waals surface area contributed by atoms with E-state index in [1.54, 1.807) is 6.92 Å². The van der Waals surface area contributed by atoms with E-state index in [1.165, 1.54) is 19.3 Å². The van der Waals surface area contributed by atoms with Gasteiger partial charge < -0.3 is 5.32 Å². The standard InChI is InChI=1S/C18H24N2O2/c1-13(21)15-10-9-14-6-5-11-20(17(14)12-15)18(22)19-16-7-3-2-4-8-16/h9-10,12,16H,2-8,11H2,1H3,(H,19,22). The van der Waals surface area contributed by atoms with Crippen molar-refractivity contribution in [1.82, 2.24) is 5.32 Å². The van der Waals surface area contributed by atoms with Crippen LogP contribution in [0, 0.1) is 0 Å². The Labute approximate surface area is 131 Å². The number of hydrogen-bond acceptors (Lipinski definition) is 2. The zero-order valence-corrected chi connectivity index (χ0v) is 13.2. The number of nitrogens with zero attached hydrogens (tertiary/aromatic N) is 1. The highest BCUT2D eigenvalue weighted by molar-refractivity contribution is 5.98. The highest BCUT2D eigenvalue weighted by Crippen LogP contribution is 2.29. The Hall–Kier alpha value is -1.84. The summed E-state index contributed by atoms with van der Waals surface area (Å²) in [6, 6.07) is 6.03. The van der Waals surface area contributed by atoms with Gasteiger partial charge in [0.15, 0.2) is 5.78 Å². The summed E-state index contributed by atoms with van der Waals surface area (Å²) in [5, 5.41) is 3.18. The maximum Gasteiger partial charge on any atom is 0.322 e. The summed E-state index contributed by atoms with van der Waals surface area (Å²) >= 11 is 0. The van der Waals surface area contributed by atoms with E-state index in [0.717, 1.165) is 43.5 Å². The van der Waals surface area contributed by atoms with Crippen molar-refractivity contribution in [2.45, 2.75) is 57.9 Å². The molecule has 1 aromatic carbocycles. The maximum atomic E-state index is 12.6. The molecule has 1 fully saturated rings. The van der Waals surface area contributed by atoms with Gasteiger partial charge in [-0.2, -0.15) is 0 Å². The van der Waals surface area contributed by atoms with E-state index in [9.17, 15) is 9.59 Å². The van der Waals surface area contributed by atoms with Gasteiger partial charge in [-0.1, -0.05) is 31.4 Å². The van der Waals surface area contributed by atoms with Crippen LogP contribution in [0.25, 0.3) is 0 Å². The molecule has 0 unspecified atom stereocenters. The predicted octanol–water partition coefficient (Wildman–Crippen LogP) is 3.68. The SMILES string of the molecule is CC(=O)c1ccc2c(c1)N(C(=O)NC1CCCCC1)CCC2. The number of carbonyl (C=O) groups is 2. The number of amides is 2. The molecule has 1 heterocycles. The normalized spacial score (nSPS) is 18.7. The second-order valence-corrected chi connectivity index (χ2v) is 6.44. The van der Waals surface area contributed by atoms with Gasteiger partial charge in [-0.05, 0) is 44.2 Å². The third-order valence-corrected chi connectivity index (χ3v) is 4.79. The monoisotopic (exact) mass is 300 g/mol. The molecule has 2 aliphatic rings. The Morgan fingerprint density at radius 3 is 2.64 bits per heavy atom. The number of rotatable bonds is 2. The van der Waals surface area contributed by atoms with Gasteiger partial charge in [0.05, 0.1) is 0 Å². The van der Waals surface area contributed by atoms with Gasteiger partial charge in [-0.15, -0.1) is 0 Å². The molecule has 0 saturated heterocycles. The lowest BCUT2D eigenvalue weighted by Gasteiger charge is -2.32. The van der Waals surface area contributed by atoms with Crippen LogP contribution in [0.5, 0.6) is 0 Å². The van der Waals surface area contributed by atoms with Gasteiger partial charge in [0.2, 0.25) is 0 Å². The first-order valence-electron chi connectivity index (χ1n) is 8.37. The summed E-state index contributed by atoms with van der Waals surface area (Å²) < 4.78 is 0. The minimum absolute atomic E-state index is 0.00597. The number of hydrogen-bond donors (Lipinski definition) is 1. The van der Waals surface area contributed by atoms with E-state index in [1.807, 2.05) is 23.1 Å². The van der Waals surface area contributed by atoms with Crippen LogP contribution in [0.1, 0.15) is 61.4 Å². The molecule has 0 spiro atoms. The van der Waals surface area contributed by atoms with Crippen LogP contribution < -0.4 is 10.2 Å². The first-order valence-corrected chi connectivity index (χ1v) is 8.37. The van der Waals surface area contributed by atoms with E-state index >= 15 is 0 Å². The summed E-state index contributed by atoms with van der Waals surface area (Å²) in [5.74, 6) is 0.0426. The first-order chi connectivity index (χ1) is 10.6. The van der Waals surface area contributed by atoms with E-state index in [4.69, 9.17) is 0 Å². The second kappa shape index (κ2) is 6.51. The number of Topliss-reactive ketones (excluding diaryl/α,β-unsaturated/α-hetero) is 1. The number of anilines is 1. The smallest absolute Gasteiger partial charge is 0.322 e. The molecule has 1 aliphatic heterocycles. The number of carbonyl (C=O) groups excluding carboxylic acids is 2. The Bertz CT molecular complexity index is 576. The van der Waals surface area contributed by atoms with Crippen LogP contribution >= 0.6 is 0 Å². The fourth-order valence-electron chi connectivity index (χ4n) is 3.50. The molecule has 1 saturated carbocycles. The lowest BCUT2D eigenvalue weighted by Crippen LogP contribution is -2.47. The minimum Gasteiger partial charge on any atom is -0.335 e. The lowest BCUT2D eigenvalue weighted by molar-refractivity contribution is 0.101. The number of urea groups is 1. The highest BCUT2D eigenvalue weighted by Gasteiger charge is 2.25. The van der Waals surface area contributed by atoms with Crippen molar-refractivity contribution >= 4 is 17.5 Å². The van der Waals surface area contributed by atoms with E-state index < -0.39 is 0 Å². The molecule has 0 aromatic heterocycles. The van der Waals surface area contributed by atoms with Gasteiger partial charge in [0.25, 0.3) is 0 Å². The average molecular weight is 300 g/mol. The average Bonchev–Trinajstić information content (AvgIpc) is 2.54. The van der Waals surface area contributed by atoms with Gasteiger partial charge in [-0.3, -0.25) is 9.69 Å². The molecule has 1 N–H and O–H groups in total. The predicted molar refractivity (Wildman–Crippen MR) is 87.5 cm³/mol. The molecule has 3 rings (SSSR count).